The van der Waals surface area contributed by atoms with Gasteiger partial charge in [0.1, 0.15) is 5.82 Å². The van der Waals surface area contributed by atoms with Crippen molar-refractivity contribution in [2.75, 3.05) is 5.32 Å². The molecular formula is C31H40FN5O5S2. The lowest BCUT2D eigenvalue weighted by atomic mass is 9.85. The fourth-order valence-corrected chi connectivity index (χ4v) is 8.33. The summed E-state index contributed by atoms with van der Waals surface area (Å²) >= 11 is 1.42. The molecule has 1 aliphatic rings. The SMILES string of the molecule is CC(C)N(C(=O)O)[C@H]1CC[C@H](c2ncc(-c3ccc(NC(=O)NCc4ccccc4F)cc3S(=O)(=O)NC(C)(C)C)s2)CC1. The molecule has 13 heteroatoms. The molecule has 4 rings (SSSR count). The molecule has 1 saturated carbocycles. The second-order valence-electron chi connectivity index (χ2n) is 12.3. The van der Waals surface area contributed by atoms with E-state index in [-0.39, 0.29) is 35.1 Å². The fourth-order valence-electron chi connectivity index (χ4n) is 5.48. The Kier molecular flexibility index (Phi) is 10.3. The molecule has 0 saturated heterocycles. The zero-order chi connectivity index (χ0) is 32.2. The molecule has 0 aliphatic heterocycles. The van der Waals surface area contributed by atoms with Gasteiger partial charge >= 0.3 is 12.1 Å². The number of carbonyl (C=O) groups excluding carboxylic acids is 1. The van der Waals surface area contributed by atoms with Crippen LogP contribution in [0.5, 0.6) is 0 Å². The van der Waals surface area contributed by atoms with Gasteiger partial charge < -0.3 is 20.6 Å². The molecule has 0 unspecified atom stereocenters. The Balaban J connectivity index is 1.55. The molecule has 0 radical (unpaired) electrons. The number of nitrogens with zero attached hydrogens (tertiary/aromatic N) is 2. The second-order valence-corrected chi connectivity index (χ2v) is 15.0. The van der Waals surface area contributed by atoms with Crippen LogP contribution in [0.4, 0.5) is 19.7 Å². The van der Waals surface area contributed by atoms with Crippen molar-refractivity contribution in [3.8, 4) is 10.4 Å². The number of thiazole rings is 1. The van der Waals surface area contributed by atoms with Crippen LogP contribution in [0.1, 0.15) is 76.8 Å². The molecule has 4 N–H and O–H groups in total. The summed E-state index contributed by atoms with van der Waals surface area (Å²) in [7, 11) is -4.02. The summed E-state index contributed by atoms with van der Waals surface area (Å²) < 4.78 is 43.8. The predicted molar refractivity (Wildman–Crippen MR) is 170 cm³/mol. The molecule has 3 aromatic rings. The third-order valence-electron chi connectivity index (χ3n) is 7.37. The first-order chi connectivity index (χ1) is 20.6. The molecule has 0 atom stereocenters. The molecular weight excluding hydrogens is 606 g/mol. The highest BCUT2D eigenvalue weighted by Gasteiger charge is 2.32. The van der Waals surface area contributed by atoms with Gasteiger partial charge in [0.2, 0.25) is 10.0 Å². The van der Waals surface area contributed by atoms with Gasteiger partial charge in [-0.3, -0.25) is 0 Å². The highest BCUT2D eigenvalue weighted by Crippen LogP contribution is 2.41. The summed E-state index contributed by atoms with van der Waals surface area (Å²) in [5.74, 6) is -0.284. The molecule has 1 aromatic heterocycles. The first-order valence-corrected chi connectivity index (χ1v) is 16.9. The lowest BCUT2D eigenvalue weighted by Crippen LogP contribution is -2.45. The Morgan fingerprint density at radius 3 is 2.41 bits per heavy atom. The summed E-state index contributed by atoms with van der Waals surface area (Å²) in [4.78, 5) is 31.2. The van der Waals surface area contributed by atoms with Crippen molar-refractivity contribution < 1.29 is 27.5 Å². The van der Waals surface area contributed by atoms with Gasteiger partial charge in [-0.25, -0.2) is 32.1 Å². The third-order valence-corrected chi connectivity index (χ3v) is 10.4. The number of carboxylic acid groups (broad SMARTS) is 1. The molecule has 3 amide bonds. The van der Waals surface area contributed by atoms with Gasteiger partial charge in [0.15, 0.2) is 0 Å². The van der Waals surface area contributed by atoms with E-state index in [0.29, 0.717) is 16.0 Å². The van der Waals surface area contributed by atoms with Crippen molar-refractivity contribution in [3.63, 3.8) is 0 Å². The Bertz CT molecular complexity index is 1590. The van der Waals surface area contributed by atoms with E-state index in [4.69, 9.17) is 0 Å². The molecule has 1 fully saturated rings. The van der Waals surface area contributed by atoms with Crippen molar-refractivity contribution in [1.82, 2.24) is 19.9 Å². The van der Waals surface area contributed by atoms with Crippen LogP contribution in [0, 0.1) is 5.82 Å². The normalized spacial score (nSPS) is 17.3. The summed E-state index contributed by atoms with van der Waals surface area (Å²) in [6, 6.07) is 10.0. The van der Waals surface area contributed by atoms with Crippen LogP contribution in [-0.4, -0.2) is 53.2 Å². The van der Waals surface area contributed by atoms with E-state index in [1.54, 1.807) is 57.3 Å². The van der Waals surface area contributed by atoms with Crippen LogP contribution < -0.4 is 15.4 Å². The molecule has 44 heavy (non-hydrogen) atoms. The summed E-state index contributed by atoms with van der Waals surface area (Å²) in [5.41, 5.74) is 0.274. The number of benzene rings is 2. The van der Waals surface area contributed by atoms with Gasteiger partial charge in [-0.1, -0.05) is 24.3 Å². The van der Waals surface area contributed by atoms with Crippen molar-refractivity contribution in [3.05, 3.63) is 65.0 Å². The Morgan fingerprint density at radius 2 is 1.80 bits per heavy atom. The quantitative estimate of drug-likeness (QED) is 0.203. The number of halogens is 1. The zero-order valence-electron chi connectivity index (χ0n) is 25.6. The van der Waals surface area contributed by atoms with E-state index < -0.39 is 33.5 Å². The third kappa shape index (κ3) is 8.33. The van der Waals surface area contributed by atoms with Crippen LogP contribution in [0.2, 0.25) is 0 Å². The molecule has 238 valence electrons. The van der Waals surface area contributed by atoms with Crippen LogP contribution in [0.25, 0.3) is 10.4 Å². The monoisotopic (exact) mass is 645 g/mol. The number of nitrogens with one attached hydrogen (secondary N) is 3. The van der Waals surface area contributed by atoms with Crippen molar-refractivity contribution in [2.24, 2.45) is 0 Å². The van der Waals surface area contributed by atoms with E-state index in [1.807, 2.05) is 13.8 Å². The number of carbonyl (C=O) groups is 2. The molecule has 1 aliphatic carbocycles. The Morgan fingerprint density at radius 1 is 1.11 bits per heavy atom. The lowest BCUT2D eigenvalue weighted by molar-refractivity contribution is 0.0906. The Hall–Kier alpha value is -3.55. The minimum Gasteiger partial charge on any atom is -0.465 e. The maximum Gasteiger partial charge on any atom is 0.407 e. The molecule has 0 spiro atoms. The minimum atomic E-state index is -4.02. The number of aromatic nitrogens is 1. The van der Waals surface area contributed by atoms with E-state index in [2.05, 4.69) is 20.3 Å². The maximum absolute atomic E-state index is 13.9. The van der Waals surface area contributed by atoms with Gasteiger partial charge in [-0.15, -0.1) is 11.3 Å². The summed E-state index contributed by atoms with van der Waals surface area (Å²) in [6.45, 7) is 8.96. The van der Waals surface area contributed by atoms with E-state index in [1.165, 1.54) is 28.4 Å². The highest BCUT2D eigenvalue weighted by atomic mass is 32.2. The van der Waals surface area contributed by atoms with Crippen molar-refractivity contribution in [2.45, 2.75) is 95.3 Å². The fraction of sp³-hybridized carbons (Fsp3) is 0.452. The average molecular weight is 646 g/mol. The largest absolute Gasteiger partial charge is 0.465 e. The van der Waals surface area contributed by atoms with Crippen LogP contribution in [-0.2, 0) is 16.6 Å². The first-order valence-electron chi connectivity index (χ1n) is 14.6. The average Bonchev–Trinajstić information content (AvgIpc) is 3.42. The highest BCUT2D eigenvalue weighted by molar-refractivity contribution is 7.89. The number of amides is 3. The summed E-state index contributed by atoms with van der Waals surface area (Å²) in [5, 5.41) is 15.8. The molecule has 2 aromatic carbocycles. The lowest BCUT2D eigenvalue weighted by Gasteiger charge is -2.37. The van der Waals surface area contributed by atoms with Gasteiger partial charge in [-0.2, -0.15) is 0 Å². The number of hydrogen-bond donors (Lipinski definition) is 4. The maximum atomic E-state index is 13.9. The van der Waals surface area contributed by atoms with E-state index in [9.17, 15) is 27.5 Å². The number of sulfonamides is 1. The molecule has 10 nitrogen and oxygen atoms in total. The second kappa shape index (κ2) is 13.6. The van der Waals surface area contributed by atoms with Crippen LogP contribution in [0.3, 0.4) is 0 Å². The minimum absolute atomic E-state index is 0.00716. The van der Waals surface area contributed by atoms with Gasteiger partial charge in [-0.05, 0) is 78.5 Å². The zero-order valence-corrected chi connectivity index (χ0v) is 27.2. The van der Waals surface area contributed by atoms with Crippen LogP contribution in [0.15, 0.2) is 53.6 Å². The topological polar surface area (TPSA) is 141 Å². The van der Waals surface area contributed by atoms with Gasteiger partial charge in [0, 0.05) is 53.1 Å². The molecule has 0 bridgehead atoms. The predicted octanol–water partition coefficient (Wildman–Crippen LogP) is 6.76. The number of rotatable bonds is 9. The standard InChI is InChI=1S/C31H40FN5O5S2/c1-19(2)37(30(39)40)23-13-10-20(11-14-23)28-33-18-26(43-28)24-15-12-22(16-27(24)44(41,42)36-31(3,4)5)35-29(38)34-17-21-8-6-7-9-25(21)32/h6-9,12,15-16,18-20,23,36H,10-11,13-14,17H2,1-5H3,(H,39,40)(H2,34,35,38)/t20-,23-. The summed E-state index contributed by atoms with van der Waals surface area (Å²) in [6.07, 6.45) is 3.81. The smallest absolute Gasteiger partial charge is 0.407 e. The van der Waals surface area contributed by atoms with E-state index >= 15 is 0 Å². The number of hydrogen-bond acceptors (Lipinski definition) is 6. The number of urea groups is 1. The molecule has 1 heterocycles. The van der Waals surface area contributed by atoms with E-state index in [0.717, 1.165) is 30.7 Å². The van der Waals surface area contributed by atoms with Crippen molar-refractivity contribution in [1.29, 1.82) is 0 Å². The number of anilines is 1. The first kappa shape index (κ1) is 33.3. The van der Waals surface area contributed by atoms with Crippen LogP contribution >= 0.6 is 11.3 Å². The van der Waals surface area contributed by atoms with Gasteiger partial charge in [0.05, 0.1) is 14.8 Å². The van der Waals surface area contributed by atoms with Gasteiger partial charge in [0.25, 0.3) is 0 Å². The Labute approximate surface area is 262 Å². The van der Waals surface area contributed by atoms with Crippen molar-refractivity contribution >= 4 is 39.2 Å².